The molecular weight excluding hydrogens is 180 g/mol. The van der Waals surface area contributed by atoms with Gasteiger partial charge in [0.1, 0.15) is 0 Å². The highest BCUT2D eigenvalue weighted by molar-refractivity contribution is 7.74. The lowest BCUT2D eigenvalue weighted by Gasteiger charge is -2.08. The Kier molecular flexibility index (Phi) is 6.55. The number of hydrogen-bond donors (Lipinski definition) is 2. The molecule has 0 rings (SSSR count). The monoisotopic (exact) mass is 196 g/mol. The molecule has 5 heteroatoms. The summed E-state index contributed by atoms with van der Waals surface area (Å²) in [6, 6.07) is 0. The fourth-order valence-corrected chi connectivity index (χ4v) is 1.13. The summed E-state index contributed by atoms with van der Waals surface area (Å²) in [4.78, 5) is 0. The second-order valence-electron chi connectivity index (χ2n) is 3.09. The summed E-state index contributed by atoms with van der Waals surface area (Å²) in [5, 5.41) is 8.96. The van der Waals surface area contributed by atoms with Crippen LogP contribution in [0.4, 0.5) is 0 Å². The molecule has 0 heterocycles. The zero-order valence-corrected chi connectivity index (χ0v) is 8.21. The van der Waals surface area contributed by atoms with Gasteiger partial charge in [0.15, 0.2) is 6.29 Å². The van der Waals surface area contributed by atoms with Crippen LogP contribution in [0.2, 0.25) is 0 Å². The van der Waals surface area contributed by atoms with Crippen molar-refractivity contribution in [2.45, 2.75) is 39.4 Å². The summed E-state index contributed by atoms with van der Waals surface area (Å²) in [6.45, 7) is 4.16. The molecule has 2 atom stereocenters. The Morgan fingerprint density at radius 2 is 2.00 bits per heavy atom. The van der Waals surface area contributed by atoms with Crippen molar-refractivity contribution in [2.75, 3.05) is 0 Å². The highest BCUT2D eigenvalue weighted by atomic mass is 32.2. The SMILES string of the molecule is CC(C)CCCC(O)OS(=O)O. The molecule has 0 bridgehead atoms. The van der Waals surface area contributed by atoms with Gasteiger partial charge in [0.05, 0.1) is 0 Å². The Hall–Kier alpha value is 0.0300. The van der Waals surface area contributed by atoms with E-state index in [-0.39, 0.29) is 0 Å². The first kappa shape index (κ1) is 12.0. The molecule has 0 radical (unpaired) electrons. The third-order valence-corrected chi connectivity index (χ3v) is 1.81. The van der Waals surface area contributed by atoms with Crippen molar-refractivity contribution in [1.82, 2.24) is 0 Å². The van der Waals surface area contributed by atoms with E-state index in [2.05, 4.69) is 18.0 Å². The highest BCUT2D eigenvalue weighted by Gasteiger charge is 2.07. The fraction of sp³-hybridized carbons (Fsp3) is 1.00. The van der Waals surface area contributed by atoms with Gasteiger partial charge in [-0.05, 0) is 18.8 Å². The van der Waals surface area contributed by atoms with E-state index < -0.39 is 17.7 Å². The van der Waals surface area contributed by atoms with E-state index in [9.17, 15) is 4.21 Å². The minimum Gasteiger partial charge on any atom is -0.367 e. The second kappa shape index (κ2) is 6.54. The number of hydrogen-bond acceptors (Lipinski definition) is 3. The molecule has 12 heavy (non-hydrogen) atoms. The summed E-state index contributed by atoms with van der Waals surface area (Å²) in [6.07, 6.45) is 1.08. The Morgan fingerprint density at radius 3 is 2.42 bits per heavy atom. The Balaban J connectivity index is 3.31. The van der Waals surface area contributed by atoms with Gasteiger partial charge >= 0.3 is 11.4 Å². The molecule has 4 nitrogen and oxygen atoms in total. The first-order valence-corrected chi connectivity index (χ1v) is 5.01. The maximum absolute atomic E-state index is 10.0. The third-order valence-electron chi connectivity index (χ3n) is 1.43. The van der Waals surface area contributed by atoms with Crippen molar-refractivity contribution < 1.29 is 18.1 Å². The average molecular weight is 196 g/mol. The summed E-state index contributed by atoms with van der Waals surface area (Å²) in [7, 11) is 0. The van der Waals surface area contributed by atoms with E-state index in [4.69, 9.17) is 9.66 Å². The Bertz CT molecular complexity index is 137. The zero-order chi connectivity index (χ0) is 9.56. The first-order valence-electron chi connectivity index (χ1n) is 3.98. The molecule has 74 valence electrons. The lowest BCUT2D eigenvalue weighted by Crippen LogP contribution is -2.13. The number of rotatable bonds is 6. The molecule has 2 N–H and O–H groups in total. The summed E-state index contributed by atoms with van der Waals surface area (Å²) in [5.74, 6) is 0.580. The topological polar surface area (TPSA) is 66.8 Å². The summed E-state index contributed by atoms with van der Waals surface area (Å²) >= 11 is -2.36. The van der Waals surface area contributed by atoms with Crippen LogP contribution in [0.1, 0.15) is 33.1 Å². The second-order valence-corrected chi connectivity index (χ2v) is 3.72. The smallest absolute Gasteiger partial charge is 0.304 e. The van der Waals surface area contributed by atoms with Gasteiger partial charge in [0.25, 0.3) is 0 Å². The summed E-state index contributed by atoms with van der Waals surface area (Å²) in [5.41, 5.74) is 0. The number of aliphatic hydroxyl groups is 1. The molecule has 0 fully saturated rings. The van der Waals surface area contributed by atoms with Gasteiger partial charge in [-0.25, -0.2) is 4.18 Å². The van der Waals surface area contributed by atoms with Crippen LogP contribution in [0.25, 0.3) is 0 Å². The molecule has 0 aliphatic rings. The van der Waals surface area contributed by atoms with Crippen molar-refractivity contribution in [1.29, 1.82) is 0 Å². The summed E-state index contributed by atoms with van der Waals surface area (Å²) < 4.78 is 22.5. The molecule has 0 saturated carbocycles. The van der Waals surface area contributed by atoms with Crippen LogP contribution in [0.15, 0.2) is 0 Å². The van der Waals surface area contributed by atoms with Crippen molar-refractivity contribution in [3.8, 4) is 0 Å². The lowest BCUT2D eigenvalue weighted by molar-refractivity contribution is -0.0207. The average Bonchev–Trinajstić information content (AvgIpc) is 1.84. The van der Waals surface area contributed by atoms with Crippen LogP contribution in [0, 0.1) is 5.92 Å². The van der Waals surface area contributed by atoms with Crippen molar-refractivity contribution in [3.63, 3.8) is 0 Å². The molecule has 0 aliphatic heterocycles. The van der Waals surface area contributed by atoms with Crippen molar-refractivity contribution in [2.24, 2.45) is 5.92 Å². The Labute approximate surface area is 75.4 Å². The van der Waals surface area contributed by atoms with E-state index >= 15 is 0 Å². The standard InChI is InChI=1S/C7H16O4S/c1-6(2)4-3-5-7(8)11-12(9)10/h6-8H,3-5H2,1-2H3,(H,9,10). The maximum atomic E-state index is 10.0. The first-order chi connectivity index (χ1) is 5.52. The molecular formula is C7H16O4S. The predicted molar refractivity (Wildman–Crippen MR) is 46.6 cm³/mol. The van der Waals surface area contributed by atoms with Gasteiger partial charge in [0, 0.05) is 0 Å². The van der Waals surface area contributed by atoms with Crippen LogP contribution >= 0.6 is 0 Å². The normalized spacial score (nSPS) is 16.4. The van der Waals surface area contributed by atoms with Gasteiger partial charge in [-0.1, -0.05) is 20.3 Å². The zero-order valence-electron chi connectivity index (χ0n) is 7.40. The minimum absolute atomic E-state index is 0.407. The fourth-order valence-electron chi connectivity index (χ4n) is 0.844. The molecule has 0 aromatic carbocycles. The van der Waals surface area contributed by atoms with Gasteiger partial charge in [-0.2, -0.15) is 4.21 Å². The molecule has 0 saturated heterocycles. The van der Waals surface area contributed by atoms with Gasteiger partial charge in [0.2, 0.25) is 0 Å². The van der Waals surface area contributed by atoms with E-state index in [0.29, 0.717) is 12.3 Å². The van der Waals surface area contributed by atoms with Crippen molar-refractivity contribution in [3.05, 3.63) is 0 Å². The largest absolute Gasteiger partial charge is 0.367 e. The van der Waals surface area contributed by atoms with Crippen LogP contribution in [0.3, 0.4) is 0 Å². The molecule has 0 aromatic rings. The maximum Gasteiger partial charge on any atom is 0.304 e. The molecule has 0 aliphatic carbocycles. The lowest BCUT2D eigenvalue weighted by atomic mass is 10.1. The van der Waals surface area contributed by atoms with Crippen molar-refractivity contribution >= 4 is 11.4 Å². The van der Waals surface area contributed by atoms with Crippen LogP contribution < -0.4 is 0 Å². The quantitative estimate of drug-likeness (QED) is 0.496. The van der Waals surface area contributed by atoms with E-state index in [0.717, 1.165) is 12.8 Å². The van der Waals surface area contributed by atoms with Crippen LogP contribution in [0.5, 0.6) is 0 Å². The minimum atomic E-state index is -2.36. The van der Waals surface area contributed by atoms with Gasteiger partial charge in [-0.3, -0.25) is 4.55 Å². The number of aliphatic hydroxyl groups excluding tert-OH is 1. The van der Waals surface area contributed by atoms with Crippen LogP contribution in [-0.4, -0.2) is 20.2 Å². The van der Waals surface area contributed by atoms with Gasteiger partial charge < -0.3 is 5.11 Å². The molecule has 0 amide bonds. The predicted octanol–water partition coefficient (Wildman–Crippen LogP) is 1.28. The van der Waals surface area contributed by atoms with Crippen LogP contribution in [-0.2, 0) is 15.5 Å². The third kappa shape index (κ3) is 8.13. The molecule has 0 aromatic heterocycles. The van der Waals surface area contributed by atoms with E-state index in [1.165, 1.54) is 0 Å². The van der Waals surface area contributed by atoms with E-state index in [1.807, 2.05) is 0 Å². The van der Waals surface area contributed by atoms with Gasteiger partial charge in [-0.15, -0.1) is 0 Å². The Morgan fingerprint density at radius 1 is 1.42 bits per heavy atom. The molecule has 0 spiro atoms. The van der Waals surface area contributed by atoms with E-state index in [1.54, 1.807) is 0 Å². The molecule has 2 unspecified atom stereocenters. The highest BCUT2D eigenvalue weighted by Crippen LogP contribution is 2.09.